The number of hydrogen-bond donors (Lipinski definition) is 1. The van der Waals surface area contributed by atoms with Crippen molar-refractivity contribution < 1.29 is 14.3 Å². The maximum Gasteiger partial charge on any atom is 0.410 e. The monoisotopic (exact) mass is 375 g/mol. The van der Waals surface area contributed by atoms with Crippen LogP contribution in [0.4, 0.5) is 4.79 Å². The number of carbonyl (C=O) groups is 2. The van der Waals surface area contributed by atoms with E-state index in [1.807, 2.05) is 45.0 Å². The first-order valence-corrected chi connectivity index (χ1v) is 9.73. The molecular weight excluding hydrogens is 350 g/mol. The van der Waals surface area contributed by atoms with E-state index in [4.69, 9.17) is 4.74 Å². The van der Waals surface area contributed by atoms with Crippen LogP contribution in [0.3, 0.4) is 0 Å². The zero-order valence-electron chi connectivity index (χ0n) is 15.4. The number of nitrogens with zero attached hydrogens (tertiary/aromatic N) is 2. The number of aromatic nitrogens is 1. The van der Waals surface area contributed by atoms with E-state index in [0.717, 1.165) is 28.1 Å². The second kappa shape index (κ2) is 7.61. The van der Waals surface area contributed by atoms with Crippen molar-refractivity contribution in [2.45, 2.75) is 45.8 Å². The zero-order chi connectivity index (χ0) is 18.7. The normalized spacial score (nSPS) is 18.0. The van der Waals surface area contributed by atoms with Crippen LogP contribution in [0, 0.1) is 5.92 Å². The number of fused-ring (bicyclic) bond motifs is 1. The molecule has 1 fully saturated rings. The Morgan fingerprint density at radius 2 is 2.12 bits per heavy atom. The van der Waals surface area contributed by atoms with Gasteiger partial charge in [0, 0.05) is 13.1 Å². The van der Waals surface area contributed by atoms with Crippen LogP contribution in [0.25, 0.3) is 10.2 Å². The summed E-state index contributed by atoms with van der Waals surface area (Å²) in [5.74, 6) is -0.233. The van der Waals surface area contributed by atoms with Gasteiger partial charge in [-0.3, -0.25) is 4.79 Å². The Morgan fingerprint density at radius 3 is 2.85 bits per heavy atom. The molecule has 1 aromatic heterocycles. The van der Waals surface area contributed by atoms with Crippen molar-refractivity contribution in [1.29, 1.82) is 0 Å². The van der Waals surface area contributed by atoms with Crippen LogP contribution in [-0.2, 0) is 16.1 Å². The molecule has 1 N–H and O–H groups in total. The SMILES string of the molecule is CC(C)(C)OC(=O)N1CCCC(C(=O)NCc2nc3ccccc3s2)C1. The van der Waals surface area contributed by atoms with Crippen molar-refractivity contribution in [3.05, 3.63) is 29.3 Å². The lowest BCUT2D eigenvalue weighted by Crippen LogP contribution is -2.46. The molecule has 1 aromatic carbocycles. The highest BCUT2D eigenvalue weighted by Crippen LogP contribution is 2.22. The molecule has 0 spiro atoms. The van der Waals surface area contributed by atoms with Crippen molar-refractivity contribution in [1.82, 2.24) is 15.2 Å². The molecule has 140 valence electrons. The van der Waals surface area contributed by atoms with Crippen LogP contribution < -0.4 is 5.32 Å². The largest absolute Gasteiger partial charge is 0.444 e. The molecule has 2 aromatic rings. The Bertz CT molecular complexity index is 764. The van der Waals surface area contributed by atoms with E-state index in [1.54, 1.807) is 16.2 Å². The third-order valence-electron chi connectivity index (χ3n) is 4.20. The molecule has 1 saturated heterocycles. The van der Waals surface area contributed by atoms with Crippen LogP contribution >= 0.6 is 11.3 Å². The number of amides is 2. The van der Waals surface area contributed by atoms with E-state index in [2.05, 4.69) is 10.3 Å². The summed E-state index contributed by atoms with van der Waals surface area (Å²) in [6.45, 7) is 6.99. The van der Waals surface area contributed by atoms with Gasteiger partial charge in [0.25, 0.3) is 0 Å². The van der Waals surface area contributed by atoms with Gasteiger partial charge in [-0.15, -0.1) is 11.3 Å². The Kier molecular flexibility index (Phi) is 5.46. The van der Waals surface area contributed by atoms with Gasteiger partial charge >= 0.3 is 6.09 Å². The number of carbonyl (C=O) groups excluding carboxylic acids is 2. The molecule has 0 radical (unpaired) electrons. The molecule has 2 amide bonds. The fourth-order valence-corrected chi connectivity index (χ4v) is 3.89. The van der Waals surface area contributed by atoms with E-state index in [-0.39, 0.29) is 17.9 Å². The third kappa shape index (κ3) is 4.72. The predicted octanol–water partition coefficient (Wildman–Crippen LogP) is 3.56. The quantitative estimate of drug-likeness (QED) is 0.890. The van der Waals surface area contributed by atoms with Crippen LogP contribution in [0.1, 0.15) is 38.6 Å². The number of nitrogens with one attached hydrogen (secondary N) is 1. The van der Waals surface area contributed by atoms with Crippen molar-refractivity contribution in [2.75, 3.05) is 13.1 Å². The van der Waals surface area contributed by atoms with Crippen LogP contribution in [0.5, 0.6) is 0 Å². The molecule has 0 bridgehead atoms. The smallest absolute Gasteiger partial charge is 0.410 e. The van der Waals surface area contributed by atoms with Gasteiger partial charge in [-0.25, -0.2) is 9.78 Å². The van der Waals surface area contributed by atoms with Gasteiger partial charge < -0.3 is 15.0 Å². The van der Waals surface area contributed by atoms with Gasteiger partial charge in [0.1, 0.15) is 10.6 Å². The maximum absolute atomic E-state index is 12.5. The molecule has 0 aliphatic carbocycles. The number of benzene rings is 1. The van der Waals surface area contributed by atoms with E-state index in [1.165, 1.54) is 0 Å². The Morgan fingerprint density at radius 1 is 1.35 bits per heavy atom. The molecule has 2 heterocycles. The molecular formula is C19H25N3O3S. The number of ether oxygens (including phenoxy) is 1. The Balaban J connectivity index is 1.54. The van der Waals surface area contributed by atoms with E-state index in [0.29, 0.717) is 19.6 Å². The summed E-state index contributed by atoms with van der Waals surface area (Å²) in [6.07, 6.45) is 1.24. The second-order valence-corrected chi connectivity index (χ2v) is 8.67. The molecule has 6 nitrogen and oxygen atoms in total. The average molecular weight is 375 g/mol. The number of thiazole rings is 1. The standard InChI is InChI=1S/C19H25N3O3S/c1-19(2,3)25-18(24)22-10-6-7-13(12-22)17(23)20-11-16-21-14-8-4-5-9-15(14)26-16/h4-5,8-9,13H,6-7,10-12H2,1-3H3,(H,20,23). The number of likely N-dealkylation sites (tertiary alicyclic amines) is 1. The summed E-state index contributed by atoms with van der Waals surface area (Å²) in [7, 11) is 0. The fourth-order valence-electron chi connectivity index (χ4n) is 2.99. The van der Waals surface area contributed by atoms with Crippen LogP contribution in [-0.4, -0.2) is 40.6 Å². The summed E-state index contributed by atoms with van der Waals surface area (Å²) in [5, 5.41) is 3.86. The number of hydrogen-bond acceptors (Lipinski definition) is 5. The van der Waals surface area contributed by atoms with E-state index in [9.17, 15) is 9.59 Å². The minimum absolute atomic E-state index is 0.0301. The summed E-state index contributed by atoms with van der Waals surface area (Å²) in [6, 6.07) is 7.93. The summed E-state index contributed by atoms with van der Waals surface area (Å²) < 4.78 is 6.53. The predicted molar refractivity (Wildman–Crippen MR) is 102 cm³/mol. The molecule has 1 aliphatic rings. The maximum atomic E-state index is 12.5. The summed E-state index contributed by atoms with van der Waals surface area (Å²) in [5.41, 5.74) is 0.426. The van der Waals surface area contributed by atoms with E-state index < -0.39 is 5.60 Å². The zero-order valence-corrected chi connectivity index (χ0v) is 16.3. The molecule has 1 unspecified atom stereocenters. The Labute approximate surface area is 157 Å². The first-order valence-electron chi connectivity index (χ1n) is 8.92. The third-order valence-corrected chi connectivity index (χ3v) is 5.23. The minimum Gasteiger partial charge on any atom is -0.444 e. The fraction of sp³-hybridized carbons (Fsp3) is 0.526. The highest BCUT2D eigenvalue weighted by atomic mass is 32.1. The van der Waals surface area contributed by atoms with Crippen molar-refractivity contribution in [3.8, 4) is 0 Å². The lowest BCUT2D eigenvalue weighted by atomic mass is 9.97. The second-order valence-electron chi connectivity index (χ2n) is 7.56. The molecule has 3 rings (SSSR count). The van der Waals surface area contributed by atoms with Crippen molar-refractivity contribution in [3.63, 3.8) is 0 Å². The molecule has 1 atom stereocenters. The molecule has 0 saturated carbocycles. The van der Waals surface area contributed by atoms with Gasteiger partial charge in [-0.2, -0.15) is 0 Å². The van der Waals surface area contributed by atoms with Crippen molar-refractivity contribution in [2.24, 2.45) is 5.92 Å². The van der Waals surface area contributed by atoms with Gasteiger partial charge in [-0.1, -0.05) is 12.1 Å². The lowest BCUT2D eigenvalue weighted by molar-refractivity contribution is -0.126. The first-order chi connectivity index (χ1) is 12.3. The van der Waals surface area contributed by atoms with Gasteiger partial charge in [0.2, 0.25) is 5.91 Å². The highest BCUT2D eigenvalue weighted by Gasteiger charge is 2.30. The van der Waals surface area contributed by atoms with Gasteiger partial charge in [0.05, 0.1) is 22.7 Å². The topological polar surface area (TPSA) is 71.5 Å². The first kappa shape index (κ1) is 18.6. The average Bonchev–Trinajstić information content (AvgIpc) is 3.01. The Hall–Kier alpha value is -2.15. The van der Waals surface area contributed by atoms with E-state index >= 15 is 0 Å². The lowest BCUT2D eigenvalue weighted by Gasteiger charge is -2.33. The van der Waals surface area contributed by atoms with Crippen LogP contribution in [0.15, 0.2) is 24.3 Å². The van der Waals surface area contributed by atoms with Gasteiger partial charge in [-0.05, 0) is 45.7 Å². The molecule has 7 heteroatoms. The molecule has 1 aliphatic heterocycles. The summed E-state index contributed by atoms with van der Waals surface area (Å²) >= 11 is 1.59. The summed E-state index contributed by atoms with van der Waals surface area (Å²) in [4.78, 5) is 30.9. The number of para-hydroxylation sites is 1. The van der Waals surface area contributed by atoms with Gasteiger partial charge in [0.15, 0.2) is 0 Å². The van der Waals surface area contributed by atoms with Crippen LogP contribution in [0.2, 0.25) is 0 Å². The minimum atomic E-state index is -0.529. The molecule has 26 heavy (non-hydrogen) atoms. The highest BCUT2D eigenvalue weighted by molar-refractivity contribution is 7.18. The number of piperidine rings is 1. The number of rotatable bonds is 3. The van der Waals surface area contributed by atoms with Crippen molar-refractivity contribution >= 4 is 33.6 Å².